The Morgan fingerprint density at radius 3 is 1.93 bits per heavy atom. The van der Waals surface area contributed by atoms with Crippen LogP contribution in [0, 0.1) is 22.7 Å². The van der Waals surface area contributed by atoms with Crippen molar-refractivity contribution in [2.24, 2.45) is 0 Å². The molecule has 0 spiro atoms. The summed E-state index contributed by atoms with van der Waals surface area (Å²) in [6.07, 6.45) is 6.33. The topological polar surface area (TPSA) is 122 Å². The molecule has 0 bridgehead atoms. The summed E-state index contributed by atoms with van der Waals surface area (Å²) in [7, 11) is 0. The molecule has 2 aliphatic heterocycles. The van der Waals surface area contributed by atoms with E-state index in [2.05, 4.69) is 33.2 Å². The van der Waals surface area contributed by atoms with Crippen molar-refractivity contribution in [1.29, 1.82) is 10.5 Å². The first kappa shape index (κ1) is 27.9. The van der Waals surface area contributed by atoms with Crippen LogP contribution in [0.2, 0.25) is 0 Å². The smallest absolute Gasteiger partial charge is 0.150 e. The highest BCUT2D eigenvalue weighted by Crippen LogP contribution is 2.34. The third-order valence-electron chi connectivity index (χ3n) is 7.60. The van der Waals surface area contributed by atoms with Crippen molar-refractivity contribution in [3.63, 3.8) is 0 Å². The molecule has 2 aromatic heterocycles. The van der Waals surface area contributed by atoms with E-state index in [0.717, 1.165) is 83.0 Å². The van der Waals surface area contributed by atoms with Crippen LogP contribution in [0.25, 0.3) is 33.1 Å². The summed E-state index contributed by atoms with van der Waals surface area (Å²) in [6.45, 7) is 1.53. The zero-order valence-electron chi connectivity index (χ0n) is 22.9. The van der Waals surface area contributed by atoms with Crippen LogP contribution in [-0.4, -0.2) is 37.9 Å². The molecule has 42 heavy (non-hydrogen) atoms. The lowest BCUT2D eigenvalue weighted by Gasteiger charge is -2.23. The first-order chi connectivity index (χ1) is 20.6. The van der Waals surface area contributed by atoms with Gasteiger partial charge in [0.2, 0.25) is 0 Å². The van der Waals surface area contributed by atoms with Gasteiger partial charge in [0.05, 0.1) is 34.3 Å². The molecule has 3 aromatic carbocycles. The number of benzene rings is 3. The molecule has 0 amide bonds. The maximum Gasteiger partial charge on any atom is 0.150 e. The number of halogens is 1. The van der Waals surface area contributed by atoms with Crippen molar-refractivity contribution in [3.8, 4) is 29.1 Å². The fraction of sp³-hybridized carbons (Fsp3) is 0.312. The fourth-order valence-corrected chi connectivity index (χ4v) is 6.01. The van der Waals surface area contributed by atoms with Gasteiger partial charge >= 0.3 is 0 Å². The summed E-state index contributed by atoms with van der Waals surface area (Å²) < 4.78 is 16.2. The molecule has 0 aliphatic carbocycles. The molecule has 2 saturated heterocycles. The zero-order valence-corrected chi connectivity index (χ0v) is 24.5. The largest absolute Gasteiger partial charge is 0.508 e. The molecular weight excluding hydrogens is 596 g/mol. The summed E-state index contributed by atoms with van der Waals surface area (Å²) in [6, 6.07) is 22.5. The molecule has 9 nitrogen and oxygen atoms in total. The Hall–Kier alpha value is -4.22. The summed E-state index contributed by atoms with van der Waals surface area (Å²) in [5.74, 6) is 0.195. The number of aromatic hydroxyl groups is 1. The van der Waals surface area contributed by atoms with Crippen LogP contribution < -0.4 is 0 Å². The zero-order chi connectivity index (χ0) is 29.1. The standard InChI is InChI=1S/C19H17N3O2.C13H12BrN3O/c20-12-13-7-8-17-16(10-13)19(14-4-3-5-15(23)11-14)21-22(17)18-6-1-2-9-24-18;14-13-10-7-9(8-15)4-5-11(10)17(16-13)12-3-1-2-6-18-12/h3-5,7-8,10-11,18,23H,1-2,6,9H2;4-5,7,12H,1-3,6H2. The van der Waals surface area contributed by atoms with E-state index in [4.69, 9.17) is 19.8 Å². The average Bonchev–Trinajstić information content (AvgIpc) is 3.59. The Balaban J connectivity index is 0.000000157. The van der Waals surface area contributed by atoms with Gasteiger partial charge in [-0.1, -0.05) is 12.1 Å². The van der Waals surface area contributed by atoms with Gasteiger partial charge in [-0.25, -0.2) is 9.36 Å². The summed E-state index contributed by atoms with van der Waals surface area (Å²) in [5, 5.41) is 39.1. The second-order valence-electron chi connectivity index (χ2n) is 10.4. The predicted octanol–water partition coefficient (Wildman–Crippen LogP) is 7.35. The molecule has 2 unspecified atom stereocenters. The minimum atomic E-state index is -0.0831. The maximum absolute atomic E-state index is 9.79. The third kappa shape index (κ3) is 5.62. The quantitative estimate of drug-likeness (QED) is 0.223. The van der Waals surface area contributed by atoms with E-state index in [0.29, 0.717) is 11.1 Å². The number of ether oxygens (including phenoxy) is 2. The fourth-order valence-electron chi connectivity index (χ4n) is 5.52. The first-order valence-electron chi connectivity index (χ1n) is 14.1. The van der Waals surface area contributed by atoms with Gasteiger partial charge in [-0.15, -0.1) is 0 Å². The highest BCUT2D eigenvalue weighted by molar-refractivity contribution is 9.10. The monoisotopic (exact) mass is 624 g/mol. The lowest BCUT2D eigenvalue weighted by molar-refractivity contribution is -0.0368. The van der Waals surface area contributed by atoms with E-state index in [9.17, 15) is 10.4 Å². The Labute approximate surface area is 251 Å². The third-order valence-corrected chi connectivity index (χ3v) is 8.19. The minimum absolute atomic E-state index is 0.0143. The average molecular weight is 626 g/mol. The molecule has 212 valence electrons. The van der Waals surface area contributed by atoms with E-state index in [1.807, 2.05) is 45.8 Å². The Bertz CT molecular complexity index is 1820. The van der Waals surface area contributed by atoms with Gasteiger partial charge in [0.25, 0.3) is 0 Å². The molecule has 2 atom stereocenters. The van der Waals surface area contributed by atoms with E-state index in [1.54, 1.807) is 24.3 Å². The number of fused-ring (bicyclic) bond motifs is 2. The normalized spacial score (nSPS) is 18.6. The highest BCUT2D eigenvalue weighted by Gasteiger charge is 2.22. The van der Waals surface area contributed by atoms with Crippen molar-refractivity contribution in [1.82, 2.24) is 19.6 Å². The van der Waals surface area contributed by atoms with Crippen molar-refractivity contribution >= 4 is 37.7 Å². The van der Waals surface area contributed by atoms with E-state index < -0.39 is 0 Å². The minimum Gasteiger partial charge on any atom is -0.508 e. The van der Waals surface area contributed by atoms with Crippen molar-refractivity contribution in [3.05, 3.63) is 76.4 Å². The number of nitrogens with zero attached hydrogens (tertiary/aromatic N) is 6. The second-order valence-corrected chi connectivity index (χ2v) is 11.2. The number of rotatable bonds is 3. The number of aromatic nitrogens is 4. The van der Waals surface area contributed by atoms with Crippen LogP contribution in [0.5, 0.6) is 5.75 Å². The van der Waals surface area contributed by atoms with Crippen molar-refractivity contribution in [2.45, 2.75) is 51.0 Å². The van der Waals surface area contributed by atoms with Crippen LogP contribution in [-0.2, 0) is 9.47 Å². The van der Waals surface area contributed by atoms with Gasteiger partial charge in [-0.3, -0.25) is 0 Å². The molecule has 10 heteroatoms. The number of hydrogen-bond donors (Lipinski definition) is 1. The van der Waals surface area contributed by atoms with E-state index >= 15 is 0 Å². The Kier molecular flexibility index (Phi) is 8.20. The number of nitriles is 2. The molecule has 7 rings (SSSR count). The molecule has 1 N–H and O–H groups in total. The van der Waals surface area contributed by atoms with Crippen molar-refractivity contribution in [2.75, 3.05) is 13.2 Å². The molecule has 2 fully saturated rings. The number of phenolic OH excluding ortho intramolecular Hbond substituents is 1. The van der Waals surface area contributed by atoms with Crippen LogP contribution in [0.1, 0.15) is 62.1 Å². The lowest BCUT2D eigenvalue weighted by atomic mass is 10.1. The number of hydrogen-bond acceptors (Lipinski definition) is 7. The van der Waals surface area contributed by atoms with Crippen LogP contribution in [0.15, 0.2) is 65.3 Å². The predicted molar refractivity (Wildman–Crippen MR) is 161 cm³/mol. The van der Waals surface area contributed by atoms with Crippen LogP contribution in [0.4, 0.5) is 0 Å². The Morgan fingerprint density at radius 1 is 0.762 bits per heavy atom. The maximum atomic E-state index is 9.79. The second kappa shape index (κ2) is 12.3. The Morgan fingerprint density at radius 2 is 1.36 bits per heavy atom. The van der Waals surface area contributed by atoms with E-state index in [-0.39, 0.29) is 18.2 Å². The lowest BCUT2D eigenvalue weighted by Crippen LogP contribution is -2.19. The van der Waals surface area contributed by atoms with Gasteiger partial charge < -0.3 is 14.6 Å². The molecule has 0 saturated carbocycles. The number of phenols is 1. The van der Waals surface area contributed by atoms with Gasteiger partial charge in [0, 0.05) is 29.5 Å². The van der Waals surface area contributed by atoms with Crippen LogP contribution >= 0.6 is 15.9 Å². The molecule has 4 heterocycles. The summed E-state index contributed by atoms with van der Waals surface area (Å²) in [5.41, 5.74) is 4.77. The highest BCUT2D eigenvalue weighted by atomic mass is 79.9. The van der Waals surface area contributed by atoms with Gasteiger partial charge in [-0.2, -0.15) is 20.7 Å². The van der Waals surface area contributed by atoms with Crippen molar-refractivity contribution < 1.29 is 14.6 Å². The van der Waals surface area contributed by atoms with Crippen LogP contribution in [0.3, 0.4) is 0 Å². The molecule has 0 radical (unpaired) electrons. The SMILES string of the molecule is N#Cc1ccc2c(c1)c(-c1cccc(O)c1)nn2C1CCCCO1.N#Cc1ccc2c(c1)c(Br)nn2C1CCCCO1. The molecule has 5 aromatic rings. The summed E-state index contributed by atoms with van der Waals surface area (Å²) >= 11 is 3.45. The van der Waals surface area contributed by atoms with Gasteiger partial charge in [0.1, 0.15) is 16.0 Å². The molecular formula is C32H29BrN6O3. The summed E-state index contributed by atoms with van der Waals surface area (Å²) in [4.78, 5) is 0. The van der Waals surface area contributed by atoms with Gasteiger partial charge in [-0.05, 0) is 103 Å². The molecule has 2 aliphatic rings. The van der Waals surface area contributed by atoms with E-state index in [1.165, 1.54) is 6.42 Å². The van der Waals surface area contributed by atoms with Gasteiger partial charge in [0.15, 0.2) is 12.5 Å². The first-order valence-corrected chi connectivity index (χ1v) is 14.9.